The molecule has 2 atom stereocenters. The van der Waals surface area contributed by atoms with Gasteiger partial charge in [-0.05, 0) is 55.5 Å². The van der Waals surface area contributed by atoms with Gasteiger partial charge in [-0.2, -0.15) is 0 Å². The van der Waals surface area contributed by atoms with Crippen molar-refractivity contribution < 1.29 is 18.1 Å². The topological polar surface area (TPSA) is 58.6 Å². The zero-order valence-corrected chi connectivity index (χ0v) is 17.6. The lowest BCUT2D eigenvalue weighted by Crippen LogP contribution is -2.44. The van der Waals surface area contributed by atoms with Gasteiger partial charge in [-0.1, -0.05) is 24.3 Å². The average molecular weight is 419 g/mol. The number of nitrogens with zero attached hydrogens (tertiary/aromatic N) is 1. The SMILES string of the molecule is COc1ccccc1CCNC(=O)C1CCCN(S(=O)c2cc(F)ccc2C)C1. The van der Waals surface area contributed by atoms with Crippen LogP contribution < -0.4 is 10.1 Å². The Kier molecular flexibility index (Phi) is 7.39. The third-order valence-corrected chi connectivity index (χ3v) is 6.83. The Morgan fingerprint density at radius 2 is 2.10 bits per heavy atom. The molecule has 0 radical (unpaired) electrons. The molecule has 1 aliphatic heterocycles. The van der Waals surface area contributed by atoms with Gasteiger partial charge < -0.3 is 10.1 Å². The highest BCUT2D eigenvalue weighted by Crippen LogP contribution is 2.24. The van der Waals surface area contributed by atoms with Crippen LogP contribution in [0.5, 0.6) is 5.75 Å². The number of ether oxygens (including phenoxy) is 1. The predicted octanol–water partition coefficient (Wildman–Crippen LogP) is 3.24. The molecule has 0 spiro atoms. The molecule has 0 aliphatic carbocycles. The van der Waals surface area contributed by atoms with E-state index in [-0.39, 0.29) is 11.8 Å². The minimum atomic E-state index is -1.47. The number of aryl methyl sites for hydroxylation is 1. The Bertz CT molecular complexity index is 890. The highest BCUT2D eigenvalue weighted by atomic mass is 32.2. The molecule has 1 N–H and O–H groups in total. The van der Waals surface area contributed by atoms with Crippen LogP contribution in [0.2, 0.25) is 0 Å². The third kappa shape index (κ3) is 5.42. The number of hydrogen-bond acceptors (Lipinski definition) is 3. The first kappa shape index (κ1) is 21.5. The summed E-state index contributed by atoms with van der Waals surface area (Å²) in [6, 6.07) is 12.1. The normalized spacial score (nSPS) is 18.2. The molecule has 29 heavy (non-hydrogen) atoms. The number of carbonyl (C=O) groups excluding carboxylic acids is 1. The number of piperidine rings is 1. The highest BCUT2D eigenvalue weighted by Gasteiger charge is 2.29. The van der Waals surface area contributed by atoms with Gasteiger partial charge in [-0.25, -0.2) is 12.9 Å². The van der Waals surface area contributed by atoms with Gasteiger partial charge in [0.15, 0.2) is 0 Å². The van der Waals surface area contributed by atoms with Crippen molar-refractivity contribution >= 4 is 16.9 Å². The largest absolute Gasteiger partial charge is 0.496 e. The number of nitrogens with one attached hydrogen (secondary N) is 1. The fourth-order valence-corrected chi connectivity index (χ4v) is 5.03. The molecule has 1 aliphatic rings. The maximum absolute atomic E-state index is 13.6. The fraction of sp³-hybridized carbons (Fsp3) is 0.409. The summed E-state index contributed by atoms with van der Waals surface area (Å²) in [6.07, 6.45) is 2.22. The van der Waals surface area contributed by atoms with Crippen molar-refractivity contribution in [3.63, 3.8) is 0 Å². The van der Waals surface area contributed by atoms with E-state index in [1.807, 2.05) is 31.2 Å². The molecule has 1 saturated heterocycles. The lowest BCUT2D eigenvalue weighted by molar-refractivity contribution is -0.126. The summed E-state index contributed by atoms with van der Waals surface area (Å²) in [5.74, 6) is 0.157. The monoisotopic (exact) mass is 418 g/mol. The maximum atomic E-state index is 13.6. The highest BCUT2D eigenvalue weighted by molar-refractivity contribution is 7.82. The van der Waals surface area contributed by atoms with E-state index in [2.05, 4.69) is 5.32 Å². The Morgan fingerprint density at radius 1 is 1.31 bits per heavy atom. The molecule has 2 aromatic carbocycles. The summed E-state index contributed by atoms with van der Waals surface area (Å²) < 4.78 is 33.6. The zero-order valence-electron chi connectivity index (χ0n) is 16.8. The number of carbonyl (C=O) groups is 1. The Hall–Kier alpha value is -2.25. The maximum Gasteiger partial charge on any atom is 0.224 e. The minimum absolute atomic E-state index is 0.0300. The molecule has 3 rings (SSSR count). The summed E-state index contributed by atoms with van der Waals surface area (Å²) in [5.41, 5.74) is 1.83. The van der Waals surface area contributed by atoms with Crippen molar-refractivity contribution in [2.75, 3.05) is 26.7 Å². The third-order valence-electron chi connectivity index (χ3n) is 5.21. The quantitative estimate of drug-likeness (QED) is 0.751. The van der Waals surface area contributed by atoms with Gasteiger partial charge in [0, 0.05) is 19.6 Å². The summed E-state index contributed by atoms with van der Waals surface area (Å²) in [6.45, 7) is 3.37. The summed E-state index contributed by atoms with van der Waals surface area (Å²) in [7, 11) is 0.161. The van der Waals surface area contributed by atoms with Gasteiger partial charge in [0.2, 0.25) is 5.91 Å². The lowest BCUT2D eigenvalue weighted by atomic mass is 9.98. The molecular formula is C22H27FN2O3S. The van der Waals surface area contributed by atoms with E-state index in [1.165, 1.54) is 12.1 Å². The number of rotatable bonds is 7. The second kappa shape index (κ2) is 9.98. The van der Waals surface area contributed by atoms with Crippen LogP contribution in [0.15, 0.2) is 47.4 Å². The molecule has 0 aromatic heterocycles. The lowest BCUT2D eigenvalue weighted by Gasteiger charge is -2.31. The van der Waals surface area contributed by atoms with Crippen molar-refractivity contribution in [1.29, 1.82) is 0 Å². The predicted molar refractivity (Wildman–Crippen MR) is 112 cm³/mol. The van der Waals surface area contributed by atoms with Gasteiger partial charge in [0.25, 0.3) is 0 Å². The first-order chi connectivity index (χ1) is 14.0. The second-order valence-corrected chi connectivity index (χ2v) is 8.69. The average Bonchev–Trinajstić information content (AvgIpc) is 2.75. The number of amides is 1. The van der Waals surface area contributed by atoms with Crippen LogP contribution in [0.1, 0.15) is 24.0 Å². The van der Waals surface area contributed by atoms with Crippen LogP contribution in [-0.4, -0.2) is 41.2 Å². The Balaban J connectivity index is 1.56. The van der Waals surface area contributed by atoms with E-state index in [9.17, 15) is 13.4 Å². The second-order valence-electron chi connectivity index (χ2n) is 7.24. The first-order valence-corrected chi connectivity index (χ1v) is 10.9. The van der Waals surface area contributed by atoms with Crippen molar-refractivity contribution in [3.8, 4) is 5.75 Å². The van der Waals surface area contributed by atoms with Gasteiger partial charge in [0.05, 0.1) is 17.9 Å². The van der Waals surface area contributed by atoms with Crippen LogP contribution in [0.3, 0.4) is 0 Å². The molecule has 0 bridgehead atoms. The Labute approximate surface area is 173 Å². The number of halogens is 1. The molecule has 2 unspecified atom stereocenters. The van der Waals surface area contributed by atoms with E-state index < -0.39 is 16.8 Å². The van der Waals surface area contributed by atoms with Crippen molar-refractivity contribution in [2.45, 2.75) is 31.1 Å². The molecular weight excluding hydrogens is 391 g/mol. The van der Waals surface area contributed by atoms with Crippen LogP contribution in [-0.2, 0) is 22.2 Å². The molecule has 7 heteroatoms. The Morgan fingerprint density at radius 3 is 2.90 bits per heavy atom. The van der Waals surface area contributed by atoms with Crippen LogP contribution in [0.25, 0.3) is 0 Å². The van der Waals surface area contributed by atoms with Crippen LogP contribution >= 0.6 is 0 Å². The van der Waals surface area contributed by atoms with E-state index in [1.54, 1.807) is 17.5 Å². The van der Waals surface area contributed by atoms with Gasteiger partial charge in [-0.3, -0.25) is 4.79 Å². The fourth-order valence-electron chi connectivity index (χ4n) is 3.58. The molecule has 156 valence electrons. The number of benzene rings is 2. The summed E-state index contributed by atoms with van der Waals surface area (Å²) in [4.78, 5) is 13.1. The summed E-state index contributed by atoms with van der Waals surface area (Å²) in [5, 5.41) is 2.99. The minimum Gasteiger partial charge on any atom is -0.496 e. The van der Waals surface area contributed by atoms with E-state index in [0.29, 0.717) is 31.0 Å². The molecule has 1 heterocycles. The summed E-state index contributed by atoms with van der Waals surface area (Å²) >= 11 is 0. The first-order valence-electron chi connectivity index (χ1n) is 9.82. The van der Waals surface area contributed by atoms with Crippen LogP contribution in [0.4, 0.5) is 4.39 Å². The van der Waals surface area contributed by atoms with Crippen molar-refractivity contribution in [1.82, 2.24) is 9.62 Å². The van der Waals surface area contributed by atoms with Gasteiger partial charge >= 0.3 is 0 Å². The molecule has 5 nitrogen and oxygen atoms in total. The van der Waals surface area contributed by atoms with E-state index >= 15 is 0 Å². The number of hydrogen-bond donors (Lipinski definition) is 1. The number of para-hydroxylation sites is 1. The van der Waals surface area contributed by atoms with E-state index in [4.69, 9.17) is 4.74 Å². The van der Waals surface area contributed by atoms with Gasteiger partial charge in [0.1, 0.15) is 22.6 Å². The van der Waals surface area contributed by atoms with Crippen molar-refractivity contribution in [2.24, 2.45) is 5.92 Å². The smallest absolute Gasteiger partial charge is 0.224 e. The van der Waals surface area contributed by atoms with E-state index in [0.717, 1.165) is 29.7 Å². The zero-order chi connectivity index (χ0) is 20.8. The molecule has 1 amide bonds. The van der Waals surface area contributed by atoms with Crippen molar-refractivity contribution in [3.05, 3.63) is 59.4 Å². The number of methoxy groups -OCH3 is 1. The molecule has 2 aromatic rings. The van der Waals surface area contributed by atoms with Gasteiger partial charge in [-0.15, -0.1) is 0 Å². The standard InChI is InChI=1S/C22H27FN2O3S/c1-16-9-10-19(23)14-21(16)29(27)25-13-5-7-18(15-25)22(26)24-12-11-17-6-3-4-8-20(17)28-2/h3-4,6,8-10,14,18H,5,7,11-13,15H2,1-2H3,(H,24,26). The van der Waals surface area contributed by atoms with Crippen LogP contribution in [0, 0.1) is 18.7 Å². The molecule has 0 saturated carbocycles. The molecule has 1 fully saturated rings.